The summed E-state index contributed by atoms with van der Waals surface area (Å²) in [4.78, 5) is 29.8. The number of hydrogen-bond acceptors (Lipinski definition) is 7. The van der Waals surface area contributed by atoms with Gasteiger partial charge in [0, 0.05) is 30.4 Å². The smallest absolute Gasteiger partial charge is 0.280 e. The number of hydrogen-bond donors (Lipinski definition) is 2. The Morgan fingerprint density at radius 2 is 1.90 bits per heavy atom. The van der Waals surface area contributed by atoms with Crippen molar-refractivity contribution in [1.82, 2.24) is 34.3 Å². The van der Waals surface area contributed by atoms with Gasteiger partial charge in [0.1, 0.15) is 22.1 Å². The number of fused-ring (bicyclic) bond motifs is 1. The number of anilines is 1. The highest BCUT2D eigenvalue weighted by Crippen LogP contribution is 2.43. The Morgan fingerprint density at radius 3 is 2.49 bits per heavy atom. The zero-order chi connectivity index (χ0) is 28.2. The zero-order valence-electron chi connectivity index (χ0n) is 21.2. The maximum Gasteiger partial charge on any atom is 0.280 e. The molecule has 0 spiro atoms. The zero-order valence-corrected chi connectivity index (χ0v) is 23.6. The Kier molecular flexibility index (Phi) is 6.80. The summed E-state index contributed by atoms with van der Waals surface area (Å²) in [7, 11) is 1.70. The number of primary amides is 1. The molecule has 202 valence electrons. The maximum absolute atomic E-state index is 13.7. The number of carbonyl (C=O) groups is 2. The van der Waals surface area contributed by atoms with Crippen molar-refractivity contribution in [2.75, 3.05) is 5.32 Å². The van der Waals surface area contributed by atoms with E-state index < -0.39 is 23.9 Å². The lowest BCUT2D eigenvalue weighted by molar-refractivity contribution is 0.100. The van der Waals surface area contributed by atoms with Gasteiger partial charge in [-0.05, 0) is 54.4 Å². The molecule has 0 bridgehead atoms. The number of pyridine rings is 1. The van der Waals surface area contributed by atoms with Crippen molar-refractivity contribution in [1.29, 1.82) is 0 Å². The van der Waals surface area contributed by atoms with E-state index in [0.717, 1.165) is 27.2 Å². The number of carbonyl (C=O) groups excluding carboxylic acids is 2. The quantitative estimate of drug-likeness (QED) is 0.274. The molecule has 0 aliphatic rings. The molecule has 0 aliphatic carbocycles. The number of nitrogens with two attached hydrogens (primary N) is 1. The van der Waals surface area contributed by atoms with Crippen molar-refractivity contribution in [3.63, 3.8) is 0 Å². The molecule has 5 heterocycles. The highest BCUT2D eigenvalue weighted by molar-refractivity contribution is 9.10. The second-order valence-electron chi connectivity index (χ2n) is 8.87. The predicted molar refractivity (Wildman–Crippen MR) is 145 cm³/mol. The molecule has 2 amide bonds. The Balaban J connectivity index is 1.57. The van der Waals surface area contributed by atoms with Crippen LogP contribution in [-0.4, -0.2) is 46.1 Å². The molecular weight excluding hydrogens is 596 g/mol. The minimum atomic E-state index is -2.85. The van der Waals surface area contributed by atoms with Crippen LogP contribution in [0.25, 0.3) is 21.3 Å². The van der Waals surface area contributed by atoms with Crippen molar-refractivity contribution in [2.45, 2.75) is 33.9 Å². The lowest BCUT2D eigenvalue weighted by Gasteiger charge is -2.10. The van der Waals surface area contributed by atoms with Crippen molar-refractivity contribution in [2.24, 2.45) is 12.8 Å². The lowest BCUT2D eigenvalue weighted by Crippen LogP contribution is -2.18. The van der Waals surface area contributed by atoms with Crippen LogP contribution in [0.4, 0.5) is 14.5 Å². The van der Waals surface area contributed by atoms with E-state index in [1.54, 1.807) is 40.4 Å². The van der Waals surface area contributed by atoms with Crippen LogP contribution in [0.1, 0.15) is 49.4 Å². The van der Waals surface area contributed by atoms with Crippen LogP contribution in [0, 0.1) is 20.8 Å². The molecule has 5 aromatic rings. The average Bonchev–Trinajstić information content (AvgIpc) is 3.62. The topological polar surface area (TPSA) is 139 Å². The van der Waals surface area contributed by atoms with Gasteiger partial charge in [-0.25, -0.2) is 18.4 Å². The summed E-state index contributed by atoms with van der Waals surface area (Å²) in [6.07, 6.45) is 0.445. The van der Waals surface area contributed by atoms with E-state index in [2.05, 4.69) is 41.5 Å². The molecule has 0 saturated heterocycles. The molecule has 0 fully saturated rings. The molecule has 0 aromatic carbocycles. The third kappa shape index (κ3) is 4.83. The fourth-order valence-corrected chi connectivity index (χ4v) is 5.59. The maximum atomic E-state index is 13.7. The van der Waals surface area contributed by atoms with Crippen LogP contribution >= 0.6 is 27.3 Å². The van der Waals surface area contributed by atoms with E-state index in [1.807, 2.05) is 13.8 Å². The summed E-state index contributed by atoms with van der Waals surface area (Å²) in [6, 6.07) is 2.76. The van der Waals surface area contributed by atoms with E-state index in [-0.39, 0.29) is 27.8 Å². The molecule has 0 atom stereocenters. The minimum Gasteiger partial charge on any atom is -0.365 e. The first-order valence-electron chi connectivity index (χ1n) is 11.5. The van der Waals surface area contributed by atoms with Crippen LogP contribution in [0.15, 0.2) is 29.0 Å². The molecule has 11 nitrogen and oxygen atoms in total. The summed E-state index contributed by atoms with van der Waals surface area (Å²) in [5, 5.41) is 16.1. The summed E-state index contributed by atoms with van der Waals surface area (Å²) >= 11 is 4.32. The van der Waals surface area contributed by atoms with E-state index >= 15 is 0 Å². The molecule has 39 heavy (non-hydrogen) atoms. The van der Waals surface area contributed by atoms with Crippen LogP contribution < -0.4 is 11.1 Å². The van der Waals surface area contributed by atoms with Gasteiger partial charge in [0.25, 0.3) is 18.2 Å². The normalized spacial score (nSPS) is 11.6. The third-order valence-electron chi connectivity index (χ3n) is 6.12. The molecule has 3 N–H and O–H groups in total. The minimum absolute atomic E-state index is 0.0213. The van der Waals surface area contributed by atoms with Crippen molar-refractivity contribution in [3.05, 3.63) is 62.3 Å². The third-order valence-corrected chi connectivity index (χ3v) is 8.36. The number of thiophene rings is 1. The van der Waals surface area contributed by atoms with Gasteiger partial charge < -0.3 is 11.1 Å². The van der Waals surface area contributed by atoms with E-state index in [1.165, 1.54) is 12.1 Å². The molecule has 5 aromatic heterocycles. The van der Waals surface area contributed by atoms with Gasteiger partial charge >= 0.3 is 0 Å². The number of alkyl halides is 2. The monoisotopic (exact) mass is 617 g/mol. The van der Waals surface area contributed by atoms with Gasteiger partial charge in [-0.3, -0.25) is 19.0 Å². The van der Waals surface area contributed by atoms with E-state index in [0.29, 0.717) is 22.2 Å². The van der Waals surface area contributed by atoms with Crippen molar-refractivity contribution >= 4 is 55.0 Å². The first-order valence-corrected chi connectivity index (χ1v) is 13.2. The number of nitrogens with zero attached hydrogens (tertiary/aromatic N) is 7. The number of nitrogens with one attached hydrogen (secondary N) is 1. The van der Waals surface area contributed by atoms with Gasteiger partial charge in [0.2, 0.25) is 0 Å². The summed E-state index contributed by atoms with van der Waals surface area (Å²) < 4.78 is 33.2. The largest absolute Gasteiger partial charge is 0.365 e. The van der Waals surface area contributed by atoms with Gasteiger partial charge in [0.05, 0.1) is 27.2 Å². The first-order chi connectivity index (χ1) is 18.4. The van der Waals surface area contributed by atoms with Crippen molar-refractivity contribution in [3.8, 4) is 11.1 Å². The number of aromatic nitrogens is 7. The van der Waals surface area contributed by atoms with Gasteiger partial charge in [-0.15, -0.1) is 11.3 Å². The van der Waals surface area contributed by atoms with Crippen LogP contribution in [-0.2, 0) is 13.7 Å². The standard InChI is InChI=1S/C24H22BrF2N9O2S/c1-10-14(8-34(4)31-10)13-7-16(21(26)27)29-24-17(13)19(20(39-24)22(28)37)30-23(38)15-5-6-35(33-15)9-36-12(3)18(25)11(2)32-36/h5-8,21H,9H2,1-4H3,(H2,28,37)(H,30,38). The predicted octanol–water partition coefficient (Wildman–Crippen LogP) is 4.57. The second-order valence-corrected chi connectivity index (χ2v) is 10.7. The Hall–Kier alpha value is -3.98. The SMILES string of the molecule is Cc1nn(C)cc1-c1cc(C(F)F)nc2sc(C(N)=O)c(NC(=O)c3ccn(Cn4nc(C)c(Br)c4C)n3)c12. The van der Waals surface area contributed by atoms with Gasteiger partial charge in [0.15, 0.2) is 5.69 Å². The molecule has 0 saturated carbocycles. The number of rotatable bonds is 7. The Labute approximate surface area is 232 Å². The average molecular weight is 618 g/mol. The van der Waals surface area contributed by atoms with Gasteiger partial charge in [-0.1, -0.05) is 0 Å². The molecule has 0 unspecified atom stereocenters. The highest BCUT2D eigenvalue weighted by atomic mass is 79.9. The molecule has 15 heteroatoms. The number of amides is 2. The van der Waals surface area contributed by atoms with Crippen LogP contribution in [0.5, 0.6) is 0 Å². The number of halogens is 3. The van der Waals surface area contributed by atoms with E-state index in [9.17, 15) is 18.4 Å². The first kappa shape index (κ1) is 26.6. The highest BCUT2D eigenvalue weighted by Gasteiger charge is 2.27. The van der Waals surface area contributed by atoms with Crippen LogP contribution in [0.2, 0.25) is 0 Å². The second kappa shape index (κ2) is 9.96. The molecule has 0 radical (unpaired) electrons. The summed E-state index contributed by atoms with van der Waals surface area (Å²) in [5.74, 6) is -1.45. The fraction of sp³-hybridized carbons (Fsp3) is 0.250. The van der Waals surface area contributed by atoms with Crippen LogP contribution in [0.3, 0.4) is 0 Å². The Morgan fingerprint density at radius 1 is 1.15 bits per heavy atom. The molecule has 0 aliphatic heterocycles. The fourth-order valence-electron chi connectivity index (χ4n) is 4.29. The molecular formula is C24H22BrF2N9O2S. The lowest BCUT2D eigenvalue weighted by atomic mass is 10.0. The van der Waals surface area contributed by atoms with E-state index in [4.69, 9.17) is 5.73 Å². The molecule has 5 rings (SSSR count). The van der Waals surface area contributed by atoms with Crippen molar-refractivity contribution < 1.29 is 18.4 Å². The number of aryl methyl sites for hydroxylation is 3. The summed E-state index contributed by atoms with van der Waals surface area (Å²) in [5.41, 5.74) is 8.51. The van der Waals surface area contributed by atoms with Gasteiger partial charge in [-0.2, -0.15) is 15.3 Å². The summed E-state index contributed by atoms with van der Waals surface area (Å²) in [6.45, 7) is 5.78. The Bertz CT molecular complexity index is 1770.